The molecular formula is C37H48ClN3O5S. The van der Waals surface area contributed by atoms with Gasteiger partial charge >= 0.3 is 0 Å². The predicted molar refractivity (Wildman–Crippen MR) is 190 cm³/mol. The van der Waals surface area contributed by atoms with Crippen LogP contribution in [0.15, 0.2) is 48.6 Å². The van der Waals surface area contributed by atoms with Gasteiger partial charge < -0.3 is 19.3 Å². The number of halogens is 1. The van der Waals surface area contributed by atoms with Crippen LogP contribution in [-0.4, -0.2) is 78.5 Å². The number of rotatable bonds is 2. The molecule has 2 heterocycles. The molecule has 1 fully saturated rings. The Morgan fingerprint density at radius 2 is 1.98 bits per heavy atom. The van der Waals surface area contributed by atoms with Crippen molar-refractivity contribution in [2.24, 2.45) is 17.8 Å². The van der Waals surface area contributed by atoms with Crippen LogP contribution >= 0.6 is 11.6 Å². The lowest BCUT2D eigenvalue weighted by Gasteiger charge is -2.50. The maximum absolute atomic E-state index is 14.0. The molecular weight excluding hydrogens is 634 g/mol. The van der Waals surface area contributed by atoms with Gasteiger partial charge in [-0.05, 0) is 111 Å². The van der Waals surface area contributed by atoms with Gasteiger partial charge in [-0.25, -0.2) is 4.21 Å². The number of amides is 2. The molecule has 0 saturated heterocycles. The lowest BCUT2D eigenvalue weighted by atomic mass is 9.63. The Labute approximate surface area is 285 Å². The molecule has 254 valence electrons. The van der Waals surface area contributed by atoms with Gasteiger partial charge in [0.15, 0.2) is 5.60 Å². The third kappa shape index (κ3) is 6.08. The molecule has 1 unspecified atom stereocenters. The molecule has 2 aromatic carbocycles. The van der Waals surface area contributed by atoms with Gasteiger partial charge in [0.25, 0.3) is 11.8 Å². The second kappa shape index (κ2) is 12.8. The average Bonchev–Trinajstić information content (AvgIpc) is 3.17. The number of anilines is 1. The number of nitrogens with one attached hydrogen (secondary N) is 1. The Balaban J connectivity index is 1.48. The Morgan fingerprint density at radius 3 is 2.68 bits per heavy atom. The first kappa shape index (κ1) is 33.9. The summed E-state index contributed by atoms with van der Waals surface area (Å²) >= 11 is 6.45. The predicted octanol–water partition coefficient (Wildman–Crippen LogP) is 5.66. The zero-order valence-corrected chi connectivity index (χ0v) is 29.8. The number of hydrogen-bond acceptors (Lipinski definition) is 6. The van der Waals surface area contributed by atoms with Crippen LogP contribution in [0.3, 0.4) is 0 Å². The molecule has 6 rings (SSSR count). The molecule has 0 aromatic heterocycles. The molecule has 2 aromatic rings. The first-order valence-electron chi connectivity index (χ1n) is 16.7. The molecule has 10 heteroatoms. The van der Waals surface area contributed by atoms with Crippen molar-refractivity contribution in [1.82, 2.24) is 9.62 Å². The van der Waals surface area contributed by atoms with Crippen LogP contribution in [0.1, 0.15) is 67.4 Å². The van der Waals surface area contributed by atoms with E-state index in [9.17, 15) is 13.8 Å². The van der Waals surface area contributed by atoms with Gasteiger partial charge in [0.05, 0.1) is 22.0 Å². The van der Waals surface area contributed by atoms with E-state index in [0.29, 0.717) is 37.4 Å². The summed E-state index contributed by atoms with van der Waals surface area (Å²) in [4.78, 5) is 31.6. The fourth-order valence-corrected chi connectivity index (χ4v) is 9.91. The highest BCUT2D eigenvalue weighted by Crippen LogP contribution is 2.49. The van der Waals surface area contributed by atoms with Crippen molar-refractivity contribution in [2.75, 3.05) is 45.8 Å². The summed E-state index contributed by atoms with van der Waals surface area (Å²) in [5, 5.41) is 0.319. The number of carbonyl (C=O) groups excluding carboxylic acids is 2. The number of likely N-dealkylation sites (N-methyl/N-ethyl adjacent to an activating group) is 1. The van der Waals surface area contributed by atoms with Crippen LogP contribution in [0.2, 0.25) is 5.02 Å². The maximum atomic E-state index is 14.0. The molecule has 2 aliphatic heterocycles. The number of benzene rings is 2. The summed E-state index contributed by atoms with van der Waals surface area (Å²) in [6.45, 7) is 5.69. The fraction of sp³-hybridized carbons (Fsp3) is 0.541. The number of hydrogen-bond donors (Lipinski definition) is 1. The lowest BCUT2D eigenvalue weighted by molar-refractivity contribution is -0.160. The van der Waals surface area contributed by atoms with Crippen LogP contribution in [0.5, 0.6) is 5.75 Å². The van der Waals surface area contributed by atoms with Crippen LogP contribution in [0.4, 0.5) is 5.69 Å². The van der Waals surface area contributed by atoms with Crippen LogP contribution in [-0.2, 0) is 31.1 Å². The van der Waals surface area contributed by atoms with Crippen molar-refractivity contribution in [3.05, 3.63) is 70.3 Å². The zero-order valence-electron chi connectivity index (χ0n) is 28.2. The van der Waals surface area contributed by atoms with E-state index in [4.69, 9.17) is 21.1 Å². The summed E-state index contributed by atoms with van der Waals surface area (Å²) in [6, 6.07) is 11.7. The van der Waals surface area contributed by atoms with E-state index in [-0.39, 0.29) is 29.1 Å². The van der Waals surface area contributed by atoms with Crippen molar-refractivity contribution >= 4 is 44.7 Å². The Kier molecular flexibility index (Phi) is 9.22. The lowest BCUT2D eigenvalue weighted by Crippen LogP contribution is -2.59. The van der Waals surface area contributed by atoms with Gasteiger partial charge in [-0.1, -0.05) is 30.7 Å². The molecule has 8 nitrogen and oxygen atoms in total. The Bertz CT molecular complexity index is 1690. The summed E-state index contributed by atoms with van der Waals surface area (Å²) in [7, 11) is 2.17. The topological polar surface area (TPSA) is 88.2 Å². The zero-order chi connectivity index (χ0) is 33.7. The molecule has 0 radical (unpaired) electrons. The second-order valence-corrected chi connectivity index (χ2v) is 17.2. The molecule has 2 amide bonds. The van der Waals surface area contributed by atoms with Crippen LogP contribution in [0.25, 0.3) is 0 Å². The number of nitrogens with zero attached hydrogens (tertiary/aromatic N) is 2. The van der Waals surface area contributed by atoms with Crippen molar-refractivity contribution in [3.63, 3.8) is 0 Å². The molecule has 1 N–H and O–H groups in total. The van der Waals surface area contributed by atoms with E-state index < -0.39 is 26.5 Å². The minimum atomic E-state index is -3.00. The standard InChI is InChI=1S/C37H48ClN3O5S/c1-24-9-7-18-37(45-5,35(43)40(3)4)31-14-11-28(31)21-41-22-36(17-8-10-26-19-29(38)13-15-30(26)36)23-46-33-16-12-27(20-32(33)41)34(42)39-47(6,44)25(24)2/h7,12-13,15-16,18-20,24-25,28,31H,6,8-11,14,17,21-23H2,1-5H3,(H,39,42,44)/b18-7+/t24-,25+,28-,31+,36-,37+,47?/m0/s1. The molecule has 2 aliphatic carbocycles. The van der Waals surface area contributed by atoms with Gasteiger partial charge in [-0.3, -0.25) is 14.3 Å². The van der Waals surface area contributed by atoms with Crippen LogP contribution in [0, 0.1) is 17.8 Å². The first-order valence-corrected chi connectivity index (χ1v) is 18.9. The smallest absolute Gasteiger partial charge is 0.262 e. The van der Waals surface area contributed by atoms with Crippen molar-refractivity contribution in [1.29, 1.82) is 0 Å². The monoisotopic (exact) mass is 681 g/mol. The molecule has 47 heavy (non-hydrogen) atoms. The van der Waals surface area contributed by atoms with Gasteiger partial charge in [0.2, 0.25) is 0 Å². The summed E-state index contributed by atoms with van der Waals surface area (Å²) in [5.41, 5.74) is 2.32. The highest BCUT2D eigenvalue weighted by atomic mass is 35.5. The molecule has 2 bridgehead atoms. The number of aryl methyl sites for hydroxylation is 1. The summed E-state index contributed by atoms with van der Waals surface area (Å²) in [6.07, 6.45) is 9.23. The Morgan fingerprint density at radius 1 is 1.19 bits per heavy atom. The van der Waals surface area contributed by atoms with E-state index in [1.165, 1.54) is 11.1 Å². The van der Waals surface area contributed by atoms with Gasteiger partial charge in [0, 0.05) is 61.5 Å². The largest absolute Gasteiger partial charge is 0.490 e. The third-order valence-electron chi connectivity index (χ3n) is 11.3. The number of ether oxygens (including phenoxy) is 2. The first-order chi connectivity index (χ1) is 22.3. The quantitative estimate of drug-likeness (QED) is 0.325. The average molecular weight is 682 g/mol. The fourth-order valence-electron chi connectivity index (χ4n) is 8.23. The highest BCUT2D eigenvalue weighted by molar-refractivity contribution is 7.99. The van der Waals surface area contributed by atoms with Crippen molar-refractivity contribution in [3.8, 4) is 5.75 Å². The molecule has 1 saturated carbocycles. The minimum Gasteiger partial charge on any atom is -0.490 e. The van der Waals surface area contributed by atoms with E-state index >= 15 is 0 Å². The maximum Gasteiger partial charge on any atom is 0.262 e. The van der Waals surface area contributed by atoms with Gasteiger partial charge in [0.1, 0.15) is 5.75 Å². The van der Waals surface area contributed by atoms with Gasteiger partial charge in [-0.2, -0.15) is 0 Å². The second-order valence-electron chi connectivity index (χ2n) is 14.4. The van der Waals surface area contributed by atoms with E-state index in [1.54, 1.807) is 32.2 Å². The molecule has 4 aliphatic rings. The summed E-state index contributed by atoms with van der Waals surface area (Å²) < 4.78 is 29.5. The molecule has 1 spiro atoms. The van der Waals surface area contributed by atoms with Gasteiger partial charge in [-0.15, -0.1) is 0 Å². The van der Waals surface area contributed by atoms with Crippen molar-refractivity contribution in [2.45, 2.75) is 68.6 Å². The Hall–Kier alpha value is -3.01. The SMILES string of the molecule is C=S1(=O)NC(=O)c2ccc3c(c2)N(C[C@@H]2CC[C@H]2[C@@](OC)(C(=O)N(C)C)/C=C/C[C@H](C)[C@H]1C)C[C@@]1(CCCc2cc(Cl)ccc21)CO3. The third-order valence-corrected chi connectivity index (χ3v) is 13.8. The normalized spacial score (nSPS) is 34.5. The van der Waals surface area contributed by atoms with E-state index in [1.807, 2.05) is 44.2 Å². The summed E-state index contributed by atoms with van der Waals surface area (Å²) in [5.74, 6) is 4.21. The number of methoxy groups -OCH3 is 1. The minimum absolute atomic E-state index is 0.0520. The van der Waals surface area contributed by atoms with Crippen LogP contribution < -0.4 is 14.4 Å². The highest BCUT2D eigenvalue weighted by Gasteiger charge is 2.53. The number of allylic oxidation sites excluding steroid dienone is 1. The van der Waals surface area contributed by atoms with E-state index in [0.717, 1.165) is 42.8 Å². The number of carbonyl (C=O) groups is 2. The number of fused-ring (bicyclic) bond motifs is 4. The molecule has 7 atom stereocenters. The van der Waals surface area contributed by atoms with Crippen molar-refractivity contribution < 1.29 is 23.3 Å². The van der Waals surface area contributed by atoms with E-state index in [2.05, 4.69) is 27.6 Å².